The Morgan fingerprint density at radius 1 is 0.900 bits per heavy atom. The van der Waals surface area contributed by atoms with Gasteiger partial charge in [0.1, 0.15) is 12.1 Å². The van der Waals surface area contributed by atoms with E-state index in [1.54, 1.807) is 10.9 Å². The molecule has 0 fully saturated rings. The van der Waals surface area contributed by atoms with Crippen molar-refractivity contribution in [2.75, 3.05) is 5.73 Å². The van der Waals surface area contributed by atoms with Crippen LogP contribution in [0.15, 0.2) is 55.0 Å². The van der Waals surface area contributed by atoms with Crippen molar-refractivity contribution in [1.29, 1.82) is 0 Å². The minimum Gasteiger partial charge on any atom is -0.383 e. The van der Waals surface area contributed by atoms with E-state index in [9.17, 15) is 0 Å². The summed E-state index contributed by atoms with van der Waals surface area (Å²) < 4.78 is 1.80. The number of anilines is 1. The molecule has 2 aromatic heterocycles. The molecule has 2 N–H and O–H groups in total. The highest BCUT2D eigenvalue weighted by Crippen LogP contribution is 2.25. The zero-order chi connectivity index (χ0) is 13.5. The van der Waals surface area contributed by atoms with Gasteiger partial charge in [-0.25, -0.2) is 14.6 Å². The van der Waals surface area contributed by atoms with E-state index in [1.165, 1.54) is 6.33 Å². The molecule has 0 unspecified atom stereocenters. The summed E-state index contributed by atoms with van der Waals surface area (Å²) in [5.41, 5.74) is 7.55. The summed E-state index contributed by atoms with van der Waals surface area (Å²) in [5, 5.41) is 7.46. The number of hydrogen-bond acceptors (Lipinski definition) is 4. The van der Waals surface area contributed by atoms with Crippen LogP contribution in [0.25, 0.3) is 27.5 Å². The quantitative estimate of drug-likeness (QED) is 0.571. The maximum atomic E-state index is 5.86. The zero-order valence-corrected chi connectivity index (χ0v) is 10.6. The van der Waals surface area contributed by atoms with Gasteiger partial charge in [0.05, 0.1) is 17.3 Å². The summed E-state index contributed by atoms with van der Waals surface area (Å²) in [7, 11) is 0. The van der Waals surface area contributed by atoms with Gasteiger partial charge in [-0.2, -0.15) is 5.10 Å². The molecule has 0 amide bonds. The monoisotopic (exact) mass is 261 g/mol. The van der Waals surface area contributed by atoms with E-state index < -0.39 is 0 Å². The number of benzene rings is 2. The van der Waals surface area contributed by atoms with E-state index >= 15 is 0 Å². The average molecular weight is 261 g/mol. The van der Waals surface area contributed by atoms with Crippen LogP contribution in [0.5, 0.6) is 0 Å². The number of fused-ring (bicyclic) bond motifs is 2. The van der Waals surface area contributed by atoms with Crippen LogP contribution in [-0.2, 0) is 0 Å². The summed E-state index contributed by atoms with van der Waals surface area (Å²) in [4.78, 5) is 8.28. The number of nitrogens with two attached hydrogens (primary N) is 1. The first-order valence-corrected chi connectivity index (χ1v) is 6.27. The topological polar surface area (TPSA) is 69.6 Å². The first-order chi connectivity index (χ1) is 9.84. The van der Waals surface area contributed by atoms with Crippen LogP contribution >= 0.6 is 0 Å². The predicted molar refractivity (Wildman–Crippen MR) is 78.6 cm³/mol. The van der Waals surface area contributed by atoms with E-state index in [-0.39, 0.29) is 0 Å². The molecule has 0 atom stereocenters. The third-order valence-electron chi connectivity index (χ3n) is 3.39. The van der Waals surface area contributed by atoms with Crippen LogP contribution in [0.2, 0.25) is 0 Å². The van der Waals surface area contributed by atoms with Gasteiger partial charge in [-0.15, -0.1) is 0 Å². The lowest BCUT2D eigenvalue weighted by atomic mass is 10.1. The molecule has 0 radical (unpaired) electrons. The molecule has 2 aromatic carbocycles. The summed E-state index contributed by atoms with van der Waals surface area (Å²) in [6, 6.07) is 14.3. The van der Waals surface area contributed by atoms with Crippen LogP contribution in [0.4, 0.5) is 5.82 Å². The second-order valence-electron chi connectivity index (χ2n) is 4.55. The zero-order valence-electron chi connectivity index (χ0n) is 10.6. The van der Waals surface area contributed by atoms with Crippen LogP contribution in [0.3, 0.4) is 0 Å². The van der Waals surface area contributed by atoms with Crippen molar-refractivity contribution in [3.8, 4) is 5.69 Å². The molecule has 0 aliphatic heterocycles. The highest BCUT2D eigenvalue weighted by molar-refractivity contribution is 5.93. The Morgan fingerprint density at radius 2 is 1.75 bits per heavy atom. The van der Waals surface area contributed by atoms with Crippen LogP contribution in [0, 0.1) is 0 Å². The Hall–Kier alpha value is -2.95. The largest absolute Gasteiger partial charge is 0.383 e. The molecule has 0 spiro atoms. The van der Waals surface area contributed by atoms with Gasteiger partial charge in [0.25, 0.3) is 0 Å². The molecule has 2 heterocycles. The van der Waals surface area contributed by atoms with Gasteiger partial charge < -0.3 is 5.73 Å². The molecule has 5 heteroatoms. The van der Waals surface area contributed by atoms with Gasteiger partial charge in [-0.3, -0.25) is 0 Å². The predicted octanol–water partition coefficient (Wildman–Crippen LogP) is 2.55. The fourth-order valence-corrected chi connectivity index (χ4v) is 2.43. The Labute approximate surface area is 114 Å². The molecule has 0 saturated heterocycles. The number of aromatic nitrogens is 4. The minimum atomic E-state index is 0.446. The summed E-state index contributed by atoms with van der Waals surface area (Å²) in [6.07, 6.45) is 3.16. The average Bonchev–Trinajstić information content (AvgIpc) is 2.92. The Balaban J connectivity index is 2.09. The van der Waals surface area contributed by atoms with E-state index in [2.05, 4.69) is 33.3 Å². The molecule has 20 heavy (non-hydrogen) atoms. The number of nitrogen functional groups attached to an aromatic ring is 1. The standard InChI is InChI=1S/C15H11N5/c16-14-12-8-19-20(15(12)18-9-17-14)13-7-3-5-10-4-1-2-6-11(10)13/h1-9H,(H2,16,17,18). The molecule has 0 saturated carbocycles. The second kappa shape index (κ2) is 4.03. The Bertz CT molecular complexity index is 921. The van der Waals surface area contributed by atoms with Crippen molar-refractivity contribution in [1.82, 2.24) is 19.7 Å². The summed E-state index contributed by atoms with van der Waals surface area (Å²) in [5.74, 6) is 0.446. The fourth-order valence-electron chi connectivity index (χ4n) is 2.43. The van der Waals surface area contributed by atoms with E-state index in [4.69, 9.17) is 5.73 Å². The molecule has 0 aliphatic carbocycles. The maximum absolute atomic E-state index is 5.86. The van der Waals surface area contributed by atoms with Crippen LogP contribution < -0.4 is 5.73 Å². The van der Waals surface area contributed by atoms with Crippen molar-refractivity contribution in [3.63, 3.8) is 0 Å². The third-order valence-corrected chi connectivity index (χ3v) is 3.39. The highest BCUT2D eigenvalue weighted by Gasteiger charge is 2.11. The van der Waals surface area contributed by atoms with E-state index in [0.717, 1.165) is 21.8 Å². The number of nitrogens with zero attached hydrogens (tertiary/aromatic N) is 4. The van der Waals surface area contributed by atoms with Gasteiger partial charge in [-0.1, -0.05) is 36.4 Å². The molecule has 4 rings (SSSR count). The highest BCUT2D eigenvalue weighted by atomic mass is 15.3. The Kier molecular flexibility index (Phi) is 2.20. The van der Waals surface area contributed by atoms with Gasteiger partial charge in [-0.05, 0) is 11.5 Å². The van der Waals surface area contributed by atoms with Crippen LogP contribution in [0.1, 0.15) is 0 Å². The van der Waals surface area contributed by atoms with Gasteiger partial charge in [0.2, 0.25) is 0 Å². The number of hydrogen-bond donors (Lipinski definition) is 1. The lowest BCUT2D eigenvalue weighted by Crippen LogP contribution is -1.99. The van der Waals surface area contributed by atoms with Gasteiger partial charge >= 0.3 is 0 Å². The van der Waals surface area contributed by atoms with Gasteiger partial charge in [0.15, 0.2) is 5.65 Å². The molecule has 0 aliphatic rings. The first kappa shape index (κ1) is 10.9. The van der Waals surface area contributed by atoms with Crippen molar-refractivity contribution in [3.05, 3.63) is 55.0 Å². The molecular formula is C15H11N5. The first-order valence-electron chi connectivity index (χ1n) is 6.27. The molecule has 0 bridgehead atoms. The summed E-state index contributed by atoms with van der Waals surface area (Å²) >= 11 is 0. The van der Waals surface area contributed by atoms with Crippen molar-refractivity contribution < 1.29 is 0 Å². The minimum absolute atomic E-state index is 0.446. The normalized spacial score (nSPS) is 11.2. The third kappa shape index (κ3) is 1.46. The van der Waals surface area contributed by atoms with Crippen molar-refractivity contribution in [2.24, 2.45) is 0 Å². The van der Waals surface area contributed by atoms with Crippen molar-refractivity contribution in [2.45, 2.75) is 0 Å². The lowest BCUT2D eigenvalue weighted by molar-refractivity contribution is 0.902. The second-order valence-corrected chi connectivity index (χ2v) is 4.55. The van der Waals surface area contributed by atoms with Crippen molar-refractivity contribution >= 4 is 27.6 Å². The van der Waals surface area contributed by atoms with Crippen LogP contribution in [-0.4, -0.2) is 19.7 Å². The van der Waals surface area contributed by atoms with Gasteiger partial charge in [0, 0.05) is 5.39 Å². The fraction of sp³-hybridized carbons (Fsp3) is 0. The lowest BCUT2D eigenvalue weighted by Gasteiger charge is -2.07. The SMILES string of the molecule is Nc1ncnc2c1cnn2-c1cccc2ccccc12. The Morgan fingerprint density at radius 3 is 2.70 bits per heavy atom. The molecule has 4 aromatic rings. The smallest absolute Gasteiger partial charge is 0.168 e. The van der Waals surface area contributed by atoms with E-state index in [1.807, 2.05) is 24.3 Å². The number of rotatable bonds is 1. The molecule has 96 valence electrons. The molecule has 5 nitrogen and oxygen atoms in total. The molecular weight excluding hydrogens is 250 g/mol. The summed E-state index contributed by atoms with van der Waals surface area (Å²) in [6.45, 7) is 0. The maximum Gasteiger partial charge on any atom is 0.168 e. The van der Waals surface area contributed by atoms with E-state index in [0.29, 0.717) is 11.5 Å².